The summed E-state index contributed by atoms with van der Waals surface area (Å²) in [5, 5.41) is 6.39. The highest BCUT2D eigenvalue weighted by molar-refractivity contribution is 5.79. The third kappa shape index (κ3) is 6.61. The number of aliphatic imine (C=N–C) groups is 1. The van der Waals surface area contributed by atoms with Crippen molar-refractivity contribution in [3.05, 3.63) is 53.6 Å². The van der Waals surface area contributed by atoms with Crippen LogP contribution in [0.5, 0.6) is 17.2 Å². The first kappa shape index (κ1) is 21.3. The molecule has 0 aliphatic rings. The molecule has 0 radical (unpaired) electrons. The number of hydrogen-bond donors (Lipinski definition) is 2. The van der Waals surface area contributed by atoms with Gasteiger partial charge in [0.25, 0.3) is 6.43 Å². The van der Waals surface area contributed by atoms with Gasteiger partial charge in [-0.1, -0.05) is 18.2 Å². The minimum absolute atomic E-state index is 0.410. The molecular weight excluding hydrogens is 368 g/mol. The Morgan fingerprint density at radius 3 is 2.25 bits per heavy atom. The Hall–Kier alpha value is -3.03. The number of ether oxygens (including phenoxy) is 3. The summed E-state index contributed by atoms with van der Waals surface area (Å²) in [5.74, 6) is 2.34. The third-order valence-electron chi connectivity index (χ3n) is 3.87. The molecule has 0 atom stereocenters. The van der Waals surface area contributed by atoms with Crippen LogP contribution < -0.4 is 24.8 Å². The fraction of sp³-hybridized carbons (Fsp3) is 0.350. The van der Waals surface area contributed by atoms with Crippen molar-refractivity contribution >= 4 is 5.96 Å². The number of halogens is 2. The monoisotopic (exact) mass is 393 g/mol. The SMILES string of the molecule is CN=C(NCc1cccc(OCC(F)F)c1)NCc1ccc(OC)c(OC)c1. The fourth-order valence-electron chi connectivity index (χ4n) is 2.49. The van der Waals surface area contributed by atoms with Crippen LogP contribution in [0.15, 0.2) is 47.5 Å². The lowest BCUT2D eigenvalue weighted by molar-refractivity contribution is 0.0818. The molecule has 0 heterocycles. The van der Waals surface area contributed by atoms with Gasteiger partial charge in [0.2, 0.25) is 0 Å². The van der Waals surface area contributed by atoms with Gasteiger partial charge in [0.05, 0.1) is 14.2 Å². The molecule has 2 N–H and O–H groups in total. The molecule has 2 rings (SSSR count). The second-order valence-electron chi connectivity index (χ2n) is 5.82. The molecule has 6 nitrogen and oxygen atoms in total. The standard InChI is InChI=1S/C20H25F2N3O3/c1-23-20(25-12-15-7-8-17(26-2)18(10-15)27-3)24-11-14-5-4-6-16(9-14)28-13-19(21)22/h4-10,19H,11-13H2,1-3H3,(H2,23,24,25). The van der Waals surface area contributed by atoms with E-state index in [0.717, 1.165) is 11.1 Å². The lowest BCUT2D eigenvalue weighted by Gasteiger charge is -2.14. The van der Waals surface area contributed by atoms with E-state index in [1.54, 1.807) is 39.5 Å². The van der Waals surface area contributed by atoms with Gasteiger partial charge in [0.1, 0.15) is 12.4 Å². The summed E-state index contributed by atoms with van der Waals surface area (Å²) >= 11 is 0. The van der Waals surface area contributed by atoms with E-state index in [1.165, 1.54) is 0 Å². The largest absolute Gasteiger partial charge is 0.493 e. The van der Waals surface area contributed by atoms with Crippen LogP contribution in [-0.4, -0.2) is 40.3 Å². The highest BCUT2D eigenvalue weighted by atomic mass is 19.3. The van der Waals surface area contributed by atoms with E-state index >= 15 is 0 Å². The first-order valence-electron chi connectivity index (χ1n) is 8.71. The van der Waals surface area contributed by atoms with E-state index in [-0.39, 0.29) is 0 Å². The number of methoxy groups -OCH3 is 2. The quantitative estimate of drug-likeness (QED) is 0.506. The molecule has 0 unspecified atom stereocenters. The molecule has 0 spiro atoms. The van der Waals surface area contributed by atoms with Crippen molar-refractivity contribution in [1.29, 1.82) is 0 Å². The maximum Gasteiger partial charge on any atom is 0.272 e. The summed E-state index contributed by atoms with van der Waals surface area (Å²) < 4.78 is 40.1. The number of nitrogens with one attached hydrogen (secondary N) is 2. The van der Waals surface area contributed by atoms with E-state index in [4.69, 9.17) is 14.2 Å². The first-order valence-corrected chi connectivity index (χ1v) is 8.71. The molecule has 0 fully saturated rings. The summed E-state index contributed by atoms with van der Waals surface area (Å²) in [6, 6.07) is 12.7. The van der Waals surface area contributed by atoms with Gasteiger partial charge in [-0.15, -0.1) is 0 Å². The Morgan fingerprint density at radius 2 is 1.64 bits per heavy atom. The van der Waals surface area contributed by atoms with Gasteiger partial charge >= 0.3 is 0 Å². The Morgan fingerprint density at radius 1 is 0.964 bits per heavy atom. The summed E-state index contributed by atoms with van der Waals surface area (Å²) in [7, 11) is 4.86. The second-order valence-corrected chi connectivity index (χ2v) is 5.82. The van der Waals surface area contributed by atoms with Crippen molar-refractivity contribution in [2.75, 3.05) is 27.9 Å². The number of guanidine groups is 1. The van der Waals surface area contributed by atoms with Gasteiger partial charge in [-0.2, -0.15) is 0 Å². The van der Waals surface area contributed by atoms with Crippen LogP contribution in [0.1, 0.15) is 11.1 Å². The lowest BCUT2D eigenvalue weighted by Crippen LogP contribution is -2.36. The molecule has 0 bridgehead atoms. The van der Waals surface area contributed by atoms with E-state index in [9.17, 15) is 8.78 Å². The van der Waals surface area contributed by atoms with Crippen LogP contribution in [0, 0.1) is 0 Å². The van der Waals surface area contributed by atoms with E-state index in [0.29, 0.717) is 36.3 Å². The Balaban J connectivity index is 1.89. The Labute approximate surface area is 163 Å². The Kier molecular flexibility index (Phi) is 8.33. The zero-order valence-corrected chi connectivity index (χ0v) is 16.2. The molecule has 0 saturated heterocycles. The molecule has 2 aromatic rings. The minimum atomic E-state index is -2.50. The van der Waals surface area contributed by atoms with Crippen molar-refractivity contribution in [2.24, 2.45) is 4.99 Å². The van der Waals surface area contributed by atoms with Gasteiger partial charge in [0, 0.05) is 20.1 Å². The topological polar surface area (TPSA) is 64.1 Å². The third-order valence-corrected chi connectivity index (χ3v) is 3.87. The maximum absolute atomic E-state index is 12.3. The van der Waals surface area contributed by atoms with Gasteiger partial charge in [-0.3, -0.25) is 4.99 Å². The predicted octanol–water partition coefficient (Wildman–Crippen LogP) is 3.21. The summed E-state index contributed by atoms with van der Waals surface area (Å²) in [4.78, 5) is 4.18. The number of rotatable bonds is 9. The zero-order valence-electron chi connectivity index (χ0n) is 16.2. The summed E-state index contributed by atoms with van der Waals surface area (Å²) in [6.45, 7) is 0.389. The molecule has 0 saturated carbocycles. The van der Waals surface area contributed by atoms with Crippen LogP contribution >= 0.6 is 0 Å². The number of hydrogen-bond acceptors (Lipinski definition) is 4. The van der Waals surface area contributed by atoms with Gasteiger partial charge in [-0.05, 0) is 35.4 Å². The first-order chi connectivity index (χ1) is 13.5. The highest BCUT2D eigenvalue weighted by Crippen LogP contribution is 2.27. The molecular formula is C20H25F2N3O3. The maximum atomic E-state index is 12.3. The highest BCUT2D eigenvalue weighted by Gasteiger charge is 2.06. The van der Waals surface area contributed by atoms with E-state index in [2.05, 4.69) is 15.6 Å². The van der Waals surface area contributed by atoms with Crippen LogP contribution in [0.2, 0.25) is 0 Å². The van der Waals surface area contributed by atoms with Gasteiger partial charge in [-0.25, -0.2) is 8.78 Å². The van der Waals surface area contributed by atoms with Crippen molar-refractivity contribution < 1.29 is 23.0 Å². The molecule has 28 heavy (non-hydrogen) atoms. The van der Waals surface area contributed by atoms with Crippen LogP contribution in [0.25, 0.3) is 0 Å². The average molecular weight is 393 g/mol. The molecule has 152 valence electrons. The molecule has 0 aliphatic heterocycles. The van der Waals surface area contributed by atoms with E-state index in [1.807, 2.05) is 24.3 Å². The number of nitrogens with zero attached hydrogens (tertiary/aromatic N) is 1. The van der Waals surface area contributed by atoms with Crippen molar-refractivity contribution in [3.8, 4) is 17.2 Å². The fourth-order valence-corrected chi connectivity index (χ4v) is 2.49. The minimum Gasteiger partial charge on any atom is -0.493 e. The van der Waals surface area contributed by atoms with E-state index < -0.39 is 13.0 Å². The average Bonchev–Trinajstić information content (AvgIpc) is 2.72. The summed E-state index contributed by atoms with van der Waals surface area (Å²) in [6.07, 6.45) is -2.50. The van der Waals surface area contributed by atoms with Crippen molar-refractivity contribution in [3.63, 3.8) is 0 Å². The van der Waals surface area contributed by atoms with Crippen molar-refractivity contribution in [1.82, 2.24) is 10.6 Å². The molecule has 2 aromatic carbocycles. The molecule has 0 aliphatic carbocycles. The molecule has 0 aromatic heterocycles. The lowest BCUT2D eigenvalue weighted by atomic mass is 10.2. The van der Waals surface area contributed by atoms with Gasteiger partial charge in [0.15, 0.2) is 17.5 Å². The van der Waals surface area contributed by atoms with Crippen molar-refractivity contribution in [2.45, 2.75) is 19.5 Å². The Bertz CT molecular complexity index is 785. The van der Waals surface area contributed by atoms with Gasteiger partial charge < -0.3 is 24.8 Å². The number of alkyl halides is 2. The normalized spacial score (nSPS) is 11.3. The predicted molar refractivity (Wildman–Crippen MR) is 105 cm³/mol. The number of benzene rings is 2. The second kappa shape index (κ2) is 11.0. The zero-order chi connectivity index (χ0) is 20.4. The van der Waals surface area contributed by atoms with Crippen LogP contribution in [0.3, 0.4) is 0 Å². The molecule has 0 amide bonds. The smallest absolute Gasteiger partial charge is 0.272 e. The van der Waals surface area contributed by atoms with Crippen LogP contribution in [-0.2, 0) is 13.1 Å². The summed E-state index contributed by atoms with van der Waals surface area (Å²) in [5.41, 5.74) is 1.89. The molecule has 8 heteroatoms. The van der Waals surface area contributed by atoms with Crippen LogP contribution in [0.4, 0.5) is 8.78 Å².